The Bertz CT molecular complexity index is 36.4. The highest BCUT2D eigenvalue weighted by molar-refractivity contribution is 8.01. The van der Waals surface area contributed by atoms with Crippen molar-refractivity contribution in [2.75, 3.05) is 6.26 Å². The third-order valence-corrected chi connectivity index (χ3v) is 2.19. The summed E-state index contributed by atoms with van der Waals surface area (Å²) >= 11 is 1.93. The van der Waals surface area contributed by atoms with Gasteiger partial charge in [0, 0.05) is 5.25 Å². The fourth-order valence-electron chi connectivity index (χ4n) is 0.525. The highest BCUT2D eigenvalue weighted by atomic mass is 32.2. The lowest BCUT2D eigenvalue weighted by Gasteiger charge is -2.21. The van der Waals surface area contributed by atoms with E-state index in [4.69, 9.17) is 0 Å². The van der Waals surface area contributed by atoms with Crippen LogP contribution in [-0.2, 0) is 0 Å². The molecule has 1 rings (SSSR count). The minimum Gasteiger partial charge on any atom is -0.157 e. The van der Waals surface area contributed by atoms with E-state index in [1.807, 2.05) is 11.8 Å². The second-order valence-corrected chi connectivity index (χ2v) is 2.58. The van der Waals surface area contributed by atoms with E-state index in [-0.39, 0.29) is 0 Å². The second-order valence-electron chi connectivity index (χ2n) is 1.60. The number of hydrogen-bond donors (Lipinski definition) is 0. The summed E-state index contributed by atoms with van der Waals surface area (Å²) in [6, 6.07) is 0. The third-order valence-electron chi connectivity index (χ3n) is 1.20. The van der Waals surface area contributed by atoms with Crippen LogP contribution in [0.2, 0.25) is 0 Å². The normalized spacial score (nSPS) is 23.5. The molecule has 0 bridgehead atoms. The zero-order chi connectivity index (χ0) is 4.41. The first kappa shape index (κ1) is 4.51. The molecule has 0 amide bonds. The number of thioether (sulfide) groups is 1. The van der Waals surface area contributed by atoms with E-state index in [1.54, 1.807) is 5.25 Å². The van der Waals surface area contributed by atoms with Gasteiger partial charge >= 0.3 is 0 Å². The molecule has 0 aromatic rings. The Morgan fingerprint density at radius 1 is 1.50 bits per heavy atom. The van der Waals surface area contributed by atoms with Gasteiger partial charge in [0.15, 0.2) is 0 Å². The molecule has 0 saturated heterocycles. The largest absolute Gasteiger partial charge is 0.157 e. The molecule has 1 radical (unpaired) electrons. The Balaban J connectivity index is 2.01. The lowest BCUT2D eigenvalue weighted by molar-refractivity contribution is 0.627. The van der Waals surface area contributed by atoms with Gasteiger partial charge in [-0.1, -0.05) is 6.42 Å². The highest BCUT2D eigenvalue weighted by Crippen LogP contribution is 2.36. The van der Waals surface area contributed by atoms with Crippen LogP contribution >= 0.6 is 11.8 Å². The van der Waals surface area contributed by atoms with Gasteiger partial charge in [-0.3, -0.25) is 0 Å². The van der Waals surface area contributed by atoms with Gasteiger partial charge in [0.1, 0.15) is 0 Å². The summed E-state index contributed by atoms with van der Waals surface area (Å²) in [5.74, 6) is 0. The molecular weight excluding hydrogens is 92.1 g/mol. The van der Waals surface area contributed by atoms with E-state index in [1.165, 1.54) is 19.3 Å². The zero-order valence-corrected chi connectivity index (χ0v) is 4.85. The Hall–Kier alpha value is 0.350. The standard InChI is InChI=1S/C5H9S/c1-6-5-3-2-4-5/h2-4H2,1H3. The molecule has 6 heavy (non-hydrogen) atoms. The predicted molar refractivity (Wildman–Crippen MR) is 30.6 cm³/mol. The van der Waals surface area contributed by atoms with Gasteiger partial charge in [-0.15, -0.1) is 0 Å². The molecular formula is C5H9S. The van der Waals surface area contributed by atoms with Crippen LogP contribution in [0.25, 0.3) is 0 Å². The van der Waals surface area contributed by atoms with Crippen LogP contribution in [0, 0.1) is 5.25 Å². The van der Waals surface area contributed by atoms with Crippen molar-refractivity contribution in [2.24, 2.45) is 0 Å². The molecule has 0 nitrogen and oxygen atoms in total. The van der Waals surface area contributed by atoms with E-state index < -0.39 is 0 Å². The minimum atomic E-state index is 1.39. The van der Waals surface area contributed by atoms with E-state index in [9.17, 15) is 0 Å². The highest BCUT2D eigenvalue weighted by Gasteiger charge is 2.15. The maximum atomic E-state index is 2.16. The Kier molecular flexibility index (Phi) is 1.41. The molecule has 0 aliphatic heterocycles. The number of hydrogen-bond acceptors (Lipinski definition) is 1. The Labute approximate surface area is 43.3 Å². The topological polar surface area (TPSA) is 0 Å². The molecule has 1 fully saturated rings. The van der Waals surface area contributed by atoms with Crippen LogP contribution in [0.1, 0.15) is 19.3 Å². The average molecular weight is 101 g/mol. The molecule has 0 N–H and O–H groups in total. The average Bonchev–Trinajstić information content (AvgIpc) is 1.31. The third kappa shape index (κ3) is 0.700. The van der Waals surface area contributed by atoms with Gasteiger partial charge in [-0.2, -0.15) is 11.8 Å². The Morgan fingerprint density at radius 3 is 2.17 bits per heavy atom. The summed E-state index contributed by atoms with van der Waals surface area (Å²) in [5, 5.41) is 1.69. The summed E-state index contributed by atoms with van der Waals surface area (Å²) in [4.78, 5) is 0. The monoisotopic (exact) mass is 101 g/mol. The molecule has 1 aliphatic carbocycles. The van der Waals surface area contributed by atoms with E-state index >= 15 is 0 Å². The predicted octanol–water partition coefficient (Wildman–Crippen LogP) is 2.07. The maximum Gasteiger partial charge on any atom is 0.0303 e. The molecule has 0 atom stereocenters. The van der Waals surface area contributed by atoms with Crippen LogP contribution in [0.3, 0.4) is 0 Å². The Morgan fingerprint density at radius 2 is 2.17 bits per heavy atom. The van der Waals surface area contributed by atoms with Gasteiger partial charge in [-0.05, 0) is 19.1 Å². The summed E-state index contributed by atoms with van der Waals surface area (Å²) in [6.45, 7) is 0. The van der Waals surface area contributed by atoms with Gasteiger partial charge in [0.05, 0.1) is 0 Å². The second kappa shape index (κ2) is 1.87. The summed E-state index contributed by atoms with van der Waals surface area (Å²) in [7, 11) is 0. The molecule has 0 aromatic heterocycles. The zero-order valence-electron chi connectivity index (χ0n) is 4.03. The van der Waals surface area contributed by atoms with Crippen molar-refractivity contribution in [1.82, 2.24) is 0 Å². The quantitative estimate of drug-likeness (QED) is 0.487. The van der Waals surface area contributed by atoms with Gasteiger partial charge in [-0.25, -0.2) is 0 Å². The van der Waals surface area contributed by atoms with Crippen molar-refractivity contribution in [3.63, 3.8) is 0 Å². The fraction of sp³-hybridized carbons (Fsp3) is 0.800. The van der Waals surface area contributed by atoms with Crippen molar-refractivity contribution in [3.05, 3.63) is 5.25 Å². The molecule has 0 heterocycles. The summed E-state index contributed by atoms with van der Waals surface area (Å²) < 4.78 is 0. The fourth-order valence-corrected chi connectivity index (χ4v) is 1.22. The van der Waals surface area contributed by atoms with Crippen molar-refractivity contribution in [2.45, 2.75) is 19.3 Å². The van der Waals surface area contributed by atoms with Gasteiger partial charge in [0.2, 0.25) is 0 Å². The van der Waals surface area contributed by atoms with Gasteiger partial charge < -0.3 is 0 Å². The molecule has 1 aliphatic rings. The first-order valence-corrected chi connectivity index (χ1v) is 3.54. The summed E-state index contributed by atoms with van der Waals surface area (Å²) in [5.41, 5.74) is 0. The van der Waals surface area contributed by atoms with E-state index in [2.05, 4.69) is 6.26 Å². The number of rotatable bonds is 1. The summed E-state index contributed by atoms with van der Waals surface area (Å²) in [6.07, 6.45) is 6.38. The van der Waals surface area contributed by atoms with Crippen molar-refractivity contribution < 1.29 is 0 Å². The van der Waals surface area contributed by atoms with E-state index in [0.29, 0.717) is 0 Å². The van der Waals surface area contributed by atoms with Crippen LogP contribution < -0.4 is 0 Å². The van der Waals surface area contributed by atoms with Crippen LogP contribution in [0.15, 0.2) is 0 Å². The molecule has 1 saturated carbocycles. The first-order chi connectivity index (χ1) is 2.93. The van der Waals surface area contributed by atoms with Crippen molar-refractivity contribution in [1.29, 1.82) is 0 Å². The van der Waals surface area contributed by atoms with Gasteiger partial charge in [0.25, 0.3) is 0 Å². The maximum absolute atomic E-state index is 2.16. The van der Waals surface area contributed by atoms with E-state index in [0.717, 1.165) is 0 Å². The van der Waals surface area contributed by atoms with Crippen LogP contribution in [0.4, 0.5) is 0 Å². The molecule has 35 valence electrons. The molecule has 0 aromatic carbocycles. The molecule has 0 spiro atoms. The SMILES string of the molecule is CS[C]1CCC1. The lowest BCUT2D eigenvalue weighted by atomic mass is 10.0. The smallest absolute Gasteiger partial charge is 0.0303 e. The molecule has 0 unspecified atom stereocenters. The van der Waals surface area contributed by atoms with Crippen LogP contribution in [-0.4, -0.2) is 6.26 Å². The van der Waals surface area contributed by atoms with Crippen molar-refractivity contribution in [3.8, 4) is 0 Å². The van der Waals surface area contributed by atoms with Crippen LogP contribution in [0.5, 0.6) is 0 Å². The first-order valence-electron chi connectivity index (χ1n) is 2.32. The minimum absolute atomic E-state index is 1.39. The molecule has 1 heteroatoms. The van der Waals surface area contributed by atoms with Crippen molar-refractivity contribution >= 4 is 11.8 Å². The lowest BCUT2D eigenvalue weighted by Crippen LogP contribution is -2.01.